The summed E-state index contributed by atoms with van der Waals surface area (Å²) in [7, 11) is 0. The van der Waals surface area contributed by atoms with Crippen LogP contribution in [0.1, 0.15) is 19.4 Å². The number of carbonyl (C=O) groups excluding carboxylic acids is 1. The molecule has 0 aliphatic carbocycles. The third-order valence-corrected chi connectivity index (χ3v) is 4.30. The summed E-state index contributed by atoms with van der Waals surface area (Å²) in [5.41, 5.74) is 8.29. The molecule has 1 heterocycles. The Morgan fingerprint density at radius 1 is 1.33 bits per heavy atom. The van der Waals surface area contributed by atoms with Crippen molar-refractivity contribution in [2.24, 2.45) is 0 Å². The summed E-state index contributed by atoms with van der Waals surface area (Å²) in [6.45, 7) is 11.1. The first-order chi connectivity index (χ1) is 10.0. The van der Waals surface area contributed by atoms with Crippen molar-refractivity contribution in [3.63, 3.8) is 0 Å². The molecule has 1 aromatic rings. The SMILES string of the molecule is CCN1CCN(C(C)C(=O)Nc2cc(N)ccc2C)CC1. The van der Waals surface area contributed by atoms with Crippen molar-refractivity contribution in [3.05, 3.63) is 23.8 Å². The lowest BCUT2D eigenvalue weighted by molar-refractivity contribution is -0.121. The Balaban J connectivity index is 1.95. The van der Waals surface area contributed by atoms with Gasteiger partial charge in [-0.2, -0.15) is 0 Å². The van der Waals surface area contributed by atoms with Crippen molar-refractivity contribution in [2.75, 3.05) is 43.8 Å². The molecule has 1 fully saturated rings. The van der Waals surface area contributed by atoms with Gasteiger partial charge in [0, 0.05) is 37.6 Å². The lowest BCUT2D eigenvalue weighted by atomic mass is 10.1. The molecule has 1 aromatic carbocycles. The fourth-order valence-corrected chi connectivity index (χ4v) is 2.64. The van der Waals surface area contributed by atoms with Crippen LogP contribution in [-0.2, 0) is 4.79 Å². The molecule has 0 radical (unpaired) electrons. The third-order valence-electron chi connectivity index (χ3n) is 4.30. The number of amides is 1. The number of anilines is 2. The fraction of sp³-hybridized carbons (Fsp3) is 0.562. The summed E-state index contributed by atoms with van der Waals surface area (Å²) in [4.78, 5) is 17.1. The van der Waals surface area contributed by atoms with Crippen molar-refractivity contribution in [3.8, 4) is 0 Å². The van der Waals surface area contributed by atoms with Crippen LogP contribution in [0.25, 0.3) is 0 Å². The van der Waals surface area contributed by atoms with Gasteiger partial charge in [-0.25, -0.2) is 0 Å². The van der Waals surface area contributed by atoms with E-state index in [0.29, 0.717) is 5.69 Å². The third kappa shape index (κ3) is 3.95. The molecule has 1 saturated heterocycles. The van der Waals surface area contributed by atoms with Gasteiger partial charge in [0.05, 0.1) is 6.04 Å². The van der Waals surface area contributed by atoms with Gasteiger partial charge in [0.15, 0.2) is 0 Å². The van der Waals surface area contributed by atoms with Crippen LogP contribution in [-0.4, -0.2) is 54.5 Å². The zero-order valence-corrected chi connectivity index (χ0v) is 13.2. The number of carbonyl (C=O) groups is 1. The summed E-state index contributed by atoms with van der Waals surface area (Å²) >= 11 is 0. The van der Waals surface area contributed by atoms with E-state index in [-0.39, 0.29) is 11.9 Å². The molecule has 0 spiro atoms. The Bertz CT molecular complexity index is 495. The number of rotatable bonds is 4. The first-order valence-corrected chi connectivity index (χ1v) is 7.64. The Hall–Kier alpha value is -1.59. The first-order valence-electron chi connectivity index (χ1n) is 7.64. The second kappa shape index (κ2) is 6.91. The van der Waals surface area contributed by atoms with Crippen LogP contribution >= 0.6 is 0 Å². The Morgan fingerprint density at radius 2 is 2.00 bits per heavy atom. The molecular formula is C16H26N4O. The van der Waals surface area contributed by atoms with Crippen LogP contribution in [0.2, 0.25) is 0 Å². The van der Waals surface area contributed by atoms with E-state index in [9.17, 15) is 4.79 Å². The van der Waals surface area contributed by atoms with Gasteiger partial charge in [-0.3, -0.25) is 9.69 Å². The molecule has 0 aromatic heterocycles. The van der Waals surface area contributed by atoms with E-state index in [1.807, 2.05) is 32.0 Å². The zero-order valence-electron chi connectivity index (χ0n) is 13.2. The summed E-state index contributed by atoms with van der Waals surface area (Å²) in [5, 5.41) is 3.00. The van der Waals surface area contributed by atoms with E-state index in [0.717, 1.165) is 44.0 Å². The van der Waals surface area contributed by atoms with Gasteiger partial charge in [0.1, 0.15) is 0 Å². The maximum atomic E-state index is 12.4. The van der Waals surface area contributed by atoms with Gasteiger partial charge >= 0.3 is 0 Å². The molecule has 1 aliphatic rings. The molecule has 1 aliphatic heterocycles. The molecule has 0 bridgehead atoms. The molecule has 5 nitrogen and oxygen atoms in total. The Morgan fingerprint density at radius 3 is 2.62 bits per heavy atom. The standard InChI is InChI=1S/C16H26N4O/c1-4-19-7-9-20(10-8-19)13(3)16(21)18-15-11-14(17)6-5-12(15)2/h5-6,11,13H,4,7-10,17H2,1-3H3,(H,18,21). The monoisotopic (exact) mass is 290 g/mol. The Kier molecular flexibility index (Phi) is 5.20. The second-order valence-electron chi connectivity index (χ2n) is 5.71. The molecule has 1 amide bonds. The van der Waals surface area contributed by atoms with Gasteiger partial charge in [-0.15, -0.1) is 0 Å². The normalized spacial score (nSPS) is 18.4. The van der Waals surface area contributed by atoms with E-state index in [4.69, 9.17) is 5.73 Å². The molecule has 2 rings (SSSR count). The minimum Gasteiger partial charge on any atom is -0.399 e. The van der Waals surface area contributed by atoms with Crippen molar-refractivity contribution in [1.29, 1.82) is 0 Å². The summed E-state index contributed by atoms with van der Waals surface area (Å²) in [5.74, 6) is 0.0358. The zero-order chi connectivity index (χ0) is 15.4. The lowest BCUT2D eigenvalue weighted by Crippen LogP contribution is -2.52. The predicted octanol–water partition coefficient (Wildman–Crippen LogP) is 1.54. The van der Waals surface area contributed by atoms with Crippen LogP contribution in [0.15, 0.2) is 18.2 Å². The van der Waals surface area contributed by atoms with E-state index >= 15 is 0 Å². The van der Waals surface area contributed by atoms with Crippen LogP contribution < -0.4 is 11.1 Å². The number of hydrogen-bond acceptors (Lipinski definition) is 4. The second-order valence-corrected chi connectivity index (χ2v) is 5.71. The number of likely N-dealkylation sites (N-methyl/N-ethyl adjacent to an activating group) is 1. The molecule has 116 valence electrons. The van der Waals surface area contributed by atoms with E-state index in [1.54, 1.807) is 0 Å². The predicted molar refractivity (Wildman–Crippen MR) is 87.4 cm³/mol. The van der Waals surface area contributed by atoms with Crippen molar-refractivity contribution >= 4 is 17.3 Å². The fourth-order valence-electron chi connectivity index (χ4n) is 2.64. The van der Waals surface area contributed by atoms with Gasteiger partial charge in [-0.05, 0) is 38.1 Å². The number of hydrogen-bond donors (Lipinski definition) is 2. The molecule has 1 atom stereocenters. The Labute approximate surface area is 127 Å². The van der Waals surface area contributed by atoms with Crippen LogP contribution in [0.4, 0.5) is 11.4 Å². The maximum absolute atomic E-state index is 12.4. The highest BCUT2D eigenvalue weighted by molar-refractivity contribution is 5.95. The number of nitrogen functional groups attached to an aromatic ring is 1. The minimum atomic E-state index is -0.121. The average molecular weight is 290 g/mol. The quantitative estimate of drug-likeness (QED) is 0.826. The first kappa shape index (κ1) is 15.8. The van der Waals surface area contributed by atoms with Crippen molar-refractivity contribution in [1.82, 2.24) is 9.80 Å². The summed E-state index contributed by atoms with van der Waals surface area (Å²) in [6, 6.07) is 5.47. The number of nitrogens with one attached hydrogen (secondary N) is 1. The molecule has 3 N–H and O–H groups in total. The van der Waals surface area contributed by atoms with Crippen molar-refractivity contribution < 1.29 is 4.79 Å². The molecule has 5 heteroatoms. The highest BCUT2D eigenvalue weighted by Gasteiger charge is 2.25. The number of aryl methyl sites for hydroxylation is 1. The minimum absolute atomic E-state index is 0.0358. The van der Waals surface area contributed by atoms with Crippen LogP contribution in [0.3, 0.4) is 0 Å². The number of nitrogens with two attached hydrogens (primary N) is 1. The smallest absolute Gasteiger partial charge is 0.241 e. The van der Waals surface area contributed by atoms with Gasteiger partial charge in [-0.1, -0.05) is 13.0 Å². The van der Waals surface area contributed by atoms with E-state index in [1.165, 1.54) is 0 Å². The van der Waals surface area contributed by atoms with Crippen LogP contribution in [0.5, 0.6) is 0 Å². The largest absolute Gasteiger partial charge is 0.399 e. The summed E-state index contributed by atoms with van der Waals surface area (Å²) in [6.07, 6.45) is 0. The van der Waals surface area contributed by atoms with Crippen LogP contribution in [0, 0.1) is 6.92 Å². The molecule has 1 unspecified atom stereocenters. The molecule has 21 heavy (non-hydrogen) atoms. The summed E-state index contributed by atoms with van der Waals surface area (Å²) < 4.78 is 0. The lowest BCUT2D eigenvalue weighted by Gasteiger charge is -2.37. The number of nitrogens with zero attached hydrogens (tertiary/aromatic N) is 2. The number of piperazine rings is 1. The maximum Gasteiger partial charge on any atom is 0.241 e. The highest BCUT2D eigenvalue weighted by atomic mass is 16.2. The van der Waals surface area contributed by atoms with Gasteiger partial charge in [0.25, 0.3) is 0 Å². The average Bonchev–Trinajstić information content (AvgIpc) is 2.50. The number of benzene rings is 1. The molecular weight excluding hydrogens is 264 g/mol. The van der Waals surface area contributed by atoms with E-state index < -0.39 is 0 Å². The van der Waals surface area contributed by atoms with Gasteiger partial charge < -0.3 is 16.0 Å². The highest BCUT2D eigenvalue weighted by Crippen LogP contribution is 2.19. The van der Waals surface area contributed by atoms with Gasteiger partial charge in [0.2, 0.25) is 5.91 Å². The van der Waals surface area contributed by atoms with Crippen molar-refractivity contribution in [2.45, 2.75) is 26.8 Å². The molecule has 0 saturated carbocycles. The topological polar surface area (TPSA) is 61.6 Å². The van der Waals surface area contributed by atoms with E-state index in [2.05, 4.69) is 22.0 Å².